The van der Waals surface area contributed by atoms with Crippen LogP contribution in [-0.4, -0.2) is 53.9 Å². The first-order valence-electron chi connectivity index (χ1n) is 11.1. The smallest absolute Gasteiger partial charge is 0.363 e. The molecule has 0 spiro atoms. The van der Waals surface area contributed by atoms with Gasteiger partial charge in [-0.25, -0.2) is 4.79 Å². The number of carbonyl (C=O) groups is 1. The van der Waals surface area contributed by atoms with E-state index in [0.29, 0.717) is 17.4 Å². The van der Waals surface area contributed by atoms with E-state index in [1.165, 1.54) is 24.3 Å². The molecule has 1 aromatic carbocycles. The largest absolute Gasteiger partial charge is 0.423 e. The van der Waals surface area contributed by atoms with Crippen LogP contribution in [0.5, 0.6) is 0 Å². The molecule has 0 radical (unpaired) electrons. The zero-order chi connectivity index (χ0) is 26.3. The minimum atomic E-state index is -5.14. The summed E-state index contributed by atoms with van der Waals surface area (Å²) in [5.74, 6) is 1.10. The van der Waals surface area contributed by atoms with Crippen LogP contribution in [0.25, 0.3) is 0 Å². The third-order valence-corrected chi connectivity index (χ3v) is 5.31. The molecule has 0 aliphatic carbocycles. The van der Waals surface area contributed by atoms with Gasteiger partial charge in [0.1, 0.15) is 31.3 Å². The Morgan fingerprint density at radius 3 is 2.58 bits per heavy atom. The van der Waals surface area contributed by atoms with Gasteiger partial charge in [-0.2, -0.15) is 17.7 Å². The van der Waals surface area contributed by atoms with Crippen LogP contribution in [0.4, 0.5) is 13.2 Å². The minimum Gasteiger partial charge on any atom is -0.363 e. The summed E-state index contributed by atoms with van der Waals surface area (Å²) in [5, 5.41) is 0. The van der Waals surface area contributed by atoms with Crippen LogP contribution in [-0.2, 0) is 25.1 Å². The summed E-state index contributed by atoms with van der Waals surface area (Å²) < 4.78 is 63.7. The highest BCUT2D eigenvalue weighted by Crippen LogP contribution is 2.32. The first-order valence-corrected chi connectivity index (χ1v) is 11.1. The Kier molecular flexibility index (Phi) is 9.22. The Morgan fingerprint density at radius 2 is 1.94 bits per heavy atom. The maximum absolute atomic E-state index is 13.7. The zero-order valence-electron chi connectivity index (χ0n) is 19.4. The van der Waals surface area contributed by atoms with Crippen molar-refractivity contribution in [3.8, 4) is 12.3 Å². The number of rotatable bonds is 10. The molecule has 12 heteroatoms. The monoisotopic (exact) mass is 510 g/mol. The lowest BCUT2D eigenvalue weighted by Gasteiger charge is -2.19. The number of carbonyl (C=O) groups excluding carboxylic acids is 1. The van der Waals surface area contributed by atoms with Gasteiger partial charge in [0.15, 0.2) is 0 Å². The van der Waals surface area contributed by atoms with Crippen molar-refractivity contribution < 1.29 is 36.9 Å². The van der Waals surface area contributed by atoms with Crippen LogP contribution in [0.15, 0.2) is 46.1 Å². The first kappa shape index (κ1) is 27.3. The summed E-state index contributed by atoms with van der Waals surface area (Å²) in [6, 6.07) is 7.03. The van der Waals surface area contributed by atoms with Crippen molar-refractivity contribution in [1.82, 2.24) is 9.13 Å². The molecule has 36 heavy (non-hydrogen) atoms. The van der Waals surface area contributed by atoms with Crippen molar-refractivity contribution in [1.29, 1.82) is 0 Å². The van der Waals surface area contributed by atoms with Gasteiger partial charge in [-0.15, -0.1) is 6.42 Å². The van der Waals surface area contributed by atoms with E-state index in [4.69, 9.17) is 25.4 Å². The third-order valence-electron chi connectivity index (χ3n) is 5.31. The van der Waals surface area contributed by atoms with Crippen molar-refractivity contribution in [3.05, 3.63) is 68.5 Å². The molecule has 194 valence electrons. The van der Waals surface area contributed by atoms with Gasteiger partial charge in [0.2, 0.25) is 0 Å². The van der Waals surface area contributed by atoms with E-state index >= 15 is 0 Å². The molecule has 0 bridgehead atoms. The summed E-state index contributed by atoms with van der Waals surface area (Å²) in [4.78, 5) is 38.7. The second-order valence-electron chi connectivity index (χ2n) is 7.86. The van der Waals surface area contributed by atoms with Crippen molar-refractivity contribution >= 4 is 5.91 Å². The van der Waals surface area contributed by atoms with Gasteiger partial charge in [-0.05, 0) is 18.6 Å². The maximum Gasteiger partial charge on any atom is 0.423 e. The Hall–Kier alpha value is -3.24. The van der Waals surface area contributed by atoms with E-state index in [2.05, 4.69) is 5.92 Å². The minimum absolute atomic E-state index is 0.0404. The van der Waals surface area contributed by atoms with Crippen LogP contribution in [0.3, 0.4) is 0 Å². The number of hydrogen-bond donors (Lipinski definition) is 0. The predicted molar refractivity (Wildman–Crippen MR) is 120 cm³/mol. The maximum atomic E-state index is 13.7. The van der Waals surface area contributed by atoms with E-state index in [0.717, 1.165) is 6.42 Å². The molecule has 3 rings (SSSR count). The van der Waals surface area contributed by atoms with Gasteiger partial charge in [-0.3, -0.25) is 14.2 Å². The summed E-state index contributed by atoms with van der Waals surface area (Å²) in [6.07, 6.45) is -1.66. The fraction of sp³-hybridized carbons (Fsp3) is 0.458. The summed E-state index contributed by atoms with van der Waals surface area (Å²) >= 11 is 0. The number of benzene rings is 1. The van der Waals surface area contributed by atoms with E-state index in [-0.39, 0.29) is 36.6 Å². The van der Waals surface area contributed by atoms with Gasteiger partial charge in [-0.1, -0.05) is 31.0 Å². The van der Waals surface area contributed by atoms with Crippen molar-refractivity contribution in [2.24, 2.45) is 0 Å². The highest BCUT2D eigenvalue weighted by molar-refractivity contribution is 5.95. The Labute approximate surface area is 204 Å². The number of nitrogens with zero attached hydrogens (tertiary/aromatic N) is 2. The molecule has 0 amide bonds. The summed E-state index contributed by atoms with van der Waals surface area (Å²) in [6.45, 7) is 2.17. The van der Waals surface area contributed by atoms with Gasteiger partial charge >= 0.3 is 11.9 Å². The average molecular weight is 510 g/mol. The molecule has 1 saturated heterocycles. The third kappa shape index (κ3) is 6.30. The number of alkyl halides is 3. The lowest BCUT2D eigenvalue weighted by Crippen LogP contribution is -2.47. The van der Waals surface area contributed by atoms with Crippen LogP contribution >= 0.6 is 0 Å². The average Bonchev–Trinajstić information content (AvgIpc) is 3.24. The van der Waals surface area contributed by atoms with Crippen molar-refractivity contribution in [3.63, 3.8) is 0 Å². The number of ether oxygens (including phenoxy) is 4. The van der Waals surface area contributed by atoms with E-state index in [9.17, 15) is 27.6 Å². The molecule has 0 N–H and O–H groups in total. The number of aromatic nitrogens is 2. The zero-order valence-corrected chi connectivity index (χ0v) is 19.4. The SMILES string of the molecule is C#CCO[C@H]1C[C@H](n2cc(C(F)(F)F)c(=O)n(C(=O)c3ccccc3)c2=O)O[C@@H]1COCOCCC. The second-order valence-corrected chi connectivity index (χ2v) is 7.86. The Balaban J connectivity index is 1.99. The van der Waals surface area contributed by atoms with Crippen LogP contribution in [0, 0.1) is 12.3 Å². The number of terminal acetylenes is 1. The quantitative estimate of drug-likeness (QED) is 0.275. The molecular weight excluding hydrogens is 485 g/mol. The van der Waals surface area contributed by atoms with Crippen LogP contribution in [0.1, 0.15) is 41.9 Å². The first-order chi connectivity index (χ1) is 17.2. The van der Waals surface area contributed by atoms with Crippen LogP contribution < -0.4 is 11.2 Å². The number of hydrogen-bond acceptors (Lipinski definition) is 7. The summed E-state index contributed by atoms with van der Waals surface area (Å²) in [7, 11) is 0. The van der Waals surface area contributed by atoms with Gasteiger partial charge in [0, 0.05) is 24.8 Å². The fourth-order valence-corrected chi connectivity index (χ4v) is 3.64. The normalized spacial score (nSPS) is 19.8. The molecule has 3 atom stereocenters. The van der Waals surface area contributed by atoms with Crippen molar-refractivity contribution in [2.45, 2.75) is 44.4 Å². The molecule has 1 aliphatic heterocycles. The molecule has 1 fully saturated rings. The van der Waals surface area contributed by atoms with Crippen LogP contribution in [0.2, 0.25) is 0 Å². The highest BCUT2D eigenvalue weighted by Gasteiger charge is 2.41. The molecule has 2 aromatic rings. The van der Waals surface area contributed by atoms with E-state index in [1.807, 2.05) is 6.92 Å². The molecular formula is C24H25F3N2O7. The molecule has 9 nitrogen and oxygen atoms in total. The standard InChI is InChI=1S/C24H25F3N2O7/c1-3-10-33-15-34-14-19-18(35-11-4-2)12-20(36-19)28-13-17(24(25,26)27)22(31)29(23(28)32)21(30)16-8-6-5-7-9-16/h2,5-9,13,18-20H,3,10-12,14-15H2,1H3/t18-,19+,20+/m0/s1. The molecule has 1 aliphatic rings. The Bertz CT molecular complexity index is 1200. The van der Waals surface area contributed by atoms with Crippen molar-refractivity contribution in [2.75, 3.05) is 26.6 Å². The highest BCUT2D eigenvalue weighted by atomic mass is 19.4. The topological polar surface area (TPSA) is 98.0 Å². The van der Waals surface area contributed by atoms with E-state index < -0.39 is 47.3 Å². The molecule has 1 aromatic heterocycles. The van der Waals surface area contributed by atoms with Gasteiger partial charge in [0.05, 0.1) is 12.7 Å². The lowest BCUT2D eigenvalue weighted by molar-refractivity contribution is -0.140. The molecule has 0 saturated carbocycles. The molecule has 0 unspecified atom stereocenters. The fourth-order valence-electron chi connectivity index (χ4n) is 3.64. The number of halogens is 3. The van der Waals surface area contributed by atoms with Gasteiger partial charge in [0.25, 0.3) is 11.5 Å². The second kappa shape index (κ2) is 12.1. The molecule has 2 heterocycles. The van der Waals surface area contributed by atoms with Gasteiger partial charge < -0.3 is 18.9 Å². The van der Waals surface area contributed by atoms with E-state index in [1.54, 1.807) is 6.07 Å². The Morgan fingerprint density at radius 1 is 1.22 bits per heavy atom. The summed E-state index contributed by atoms with van der Waals surface area (Å²) in [5.41, 5.74) is -4.88. The predicted octanol–water partition coefficient (Wildman–Crippen LogP) is 2.42. The lowest BCUT2D eigenvalue weighted by atomic mass is 10.2.